The molecule has 2 aromatic rings. The fourth-order valence-corrected chi connectivity index (χ4v) is 8.64. The highest BCUT2D eigenvalue weighted by Gasteiger charge is 2.73. The van der Waals surface area contributed by atoms with Gasteiger partial charge in [0.15, 0.2) is 11.5 Å². The summed E-state index contributed by atoms with van der Waals surface area (Å²) >= 11 is 0. The van der Waals surface area contributed by atoms with E-state index in [9.17, 15) is 15.0 Å². The van der Waals surface area contributed by atoms with Gasteiger partial charge in [-0.05, 0) is 87.4 Å². The molecule has 3 fully saturated rings. The Labute approximate surface area is 232 Å². The minimum Gasteiger partial charge on any atom is -0.504 e. The second-order valence-electron chi connectivity index (χ2n) is 12.9. The number of amides is 1. The van der Waals surface area contributed by atoms with Crippen LogP contribution in [0.1, 0.15) is 74.5 Å². The smallest absolute Gasteiger partial charge is 0.222 e. The topological polar surface area (TPSA) is 73.2 Å². The number of phenols is 1. The maximum absolute atomic E-state index is 13.4. The lowest BCUT2D eigenvalue weighted by Crippen LogP contribution is -2.78. The van der Waals surface area contributed by atoms with Crippen molar-refractivity contribution in [3.8, 4) is 11.5 Å². The SMILES string of the molecule is CN(C(=O)CCCCCc1ccccc1)C1CC[C@@]2(O)[C@H]3Cc4ccc(O)c5c4[C@@]2(CCN3CC2CC2)C1O5. The Morgan fingerprint density at radius 2 is 1.90 bits per heavy atom. The van der Waals surface area contributed by atoms with Gasteiger partial charge in [-0.25, -0.2) is 0 Å². The van der Waals surface area contributed by atoms with E-state index in [2.05, 4.69) is 29.2 Å². The summed E-state index contributed by atoms with van der Waals surface area (Å²) < 4.78 is 6.66. The number of carbonyl (C=O) groups is 1. The number of hydrogen-bond donors (Lipinski definition) is 2. The van der Waals surface area contributed by atoms with Crippen LogP contribution < -0.4 is 4.74 Å². The Kier molecular flexibility index (Phi) is 6.20. The zero-order valence-electron chi connectivity index (χ0n) is 23.1. The molecular weight excluding hydrogens is 488 g/mol. The molecule has 1 saturated heterocycles. The monoisotopic (exact) mass is 530 g/mol. The zero-order chi connectivity index (χ0) is 26.8. The molecule has 2 heterocycles. The van der Waals surface area contributed by atoms with Crippen molar-refractivity contribution in [3.05, 3.63) is 59.2 Å². The van der Waals surface area contributed by atoms with Crippen LogP contribution in [0.4, 0.5) is 0 Å². The van der Waals surface area contributed by atoms with Crippen molar-refractivity contribution in [1.29, 1.82) is 0 Å². The standard InChI is InChI=1S/C33H42N2O4/c1-34(28(37)11-7-3-6-10-22-8-4-2-5-9-22)25-16-17-33(38)27-20-24-14-15-26(36)30-29(24)32(33,31(25)39-30)18-19-35(27)21-23-12-13-23/h2,4-5,8-9,14-15,23,25,27,31,36,38H,3,6-7,10-13,16-21H2,1H3/t25?,27-,31?,32+,33-/m1/s1. The van der Waals surface area contributed by atoms with Crippen LogP contribution in [0.15, 0.2) is 42.5 Å². The molecule has 5 aliphatic rings. The molecule has 2 aromatic carbocycles. The molecule has 0 radical (unpaired) electrons. The number of aromatic hydroxyl groups is 1. The van der Waals surface area contributed by atoms with E-state index >= 15 is 0 Å². The first kappa shape index (κ1) is 25.4. The van der Waals surface area contributed by atoms with Crippen LogP contribution in [-0.2, 0) is 23.1 Å². The highest BCUT2D eigenvalue weighted by molar-refractivity contribution is 5.76. The lowest BCUT2D eigenvalue weighted by atomic mass is 9.48. The van der Waals surface area contributed by atoms with Gasteiger partial charge in [-0.3, -0.25) is 9.69 Å². The van der Waals surface area contributed by atoms with Gasteiger partial charge in [0.25, 0.3) is 0 Å². The molecule has 2 saturated carbocycles. The molecule has 5 atom stereocenters. The molecular formula is C33H42N2O4. The average Bonchev–Trinajstić information content (AvgIpc) is 3.68. The Hall–Kier alpha value is -2.57. The van der Waals surface area contributed by atoms with Crippen LogP contribution in [0.5, 0.6) is 11.5 Å². The molecule has 0 aromatic heterocycles. The summed E-state index contributed by atoms with van der Waals surface area (Å²) in [7, 11) is 1.92. The molecule has 2 unspecified atom stereocenters. The van der Waals surface area contributed by atoms with Crippen molar-refractivity contribution in [1.82, 2.24) is 9.80 Å². The Morgan fingerprint density at radius 3 is 2.69 bits per heavy atom. The molecule has 6 heteroatoms. The molecule has 7 rings (SSSR count). The first-order valence-electron chi connectivity index (χ1n) is 15.2. The largest absolute Gasteiger partial charge is 0.504 e. The number of likely N-dealkylation sites (tertiary alicyclic amines) is 1. The van der Waals surface area contributed by atoms with Gasteiger partial charge >= 0.3 is 0 Å². The average molecular weight is 531 g/mol. The predicted molar refractivity (Wildman–Crippen MR) is 150 cm³/mol. The van der Waals surface area contributed by atoms with Crippen LogP contribution in [-0.4, -0.2) is 69.8 Å². The van der Waals surface area contributed by atoms with Crippen molar-refractivity contribution in [3.63, 3.8) is 0 Å². The molecule has 2 aliphatic heterocycles. The molecule has 6 nitrogen and oxygen atoms in total. The van der Waals surface area contributed by atoms with E-state index in [1.165, 1.54) is 24.0 Å². The van der Waals surface area contributed by atoms with Crippen molar-refractivity contribution >= 4 is 5.91 Å². The molecule has 3 aliphatic carbocycles. The molecule has 1 amide bonds. The van der Waals surface area contributed by atoms with E-state index in [0.29, 0.717) is 18.6 Å². The van der Waals surface area contributed by atoms with E-state index in [0.717, 1.165) is 69.5 Å². The zero-order valence-corrected chi connectivity index (χ0v) is 23.1. The number of piperidine rings is 1. The minimum absolute atomic E-state index is 0.0625. The number of aryl methyl sites for hydroxylation is 1. The van der Waals surface area contributed by atoms with Gasteiger partial charge in [0.1, 0.15) is 6.10 Å². The van der Waals surface area contributed by atoms with E-state index in [4.69, 9.17) is 4.74 Å². The van der Waals surface area contributed by atoms with Crippen molar-refractivity contribution in [2.45, 2.75) is 99.8 Å². The van der Waals surface area contributed by atoms with Gasteiger partial charge in [-0.15, -0.1) is 0 Å². The molecule has 1 spiro atoms. The first-order chi connectivity index (χ1) is 18.9. The van der Waals surface area contributed by atoms with Crippen LogP contribution in [0.2, 0.25) is 0 Å². The predicted octanol–water partition coefficient (Wildman–Crippen LogP) is 4.59. The summed E-state index contributed by atoms with van der Waals surface area (Å²) in [5, 5.41) is 23.5. The normalized spacial score (nSPS) is 32.4. The minimum atomic E-state index is -0.908. The van der Waals surface area contributed by atoms with Crippen molar-refractivity contribution in [2.24, 2.45) is 5.92 Å². The molecule has 2 N–H and O–H groups in total. The summed E-state index contributed by atoms with van der Waals surface area (Å²) in [5.41, 5.74) is 2.10. The molecule has 2 bridgehead atoms. The number of phenolic OH excluding ortho intramolecular Hbond substituents is 1. The van der Waals surface area contributed by atoms with Gasteiger partial charge < -0.3 is 19.8 Å². The van der Waals surface area contributed by atoms with Crippen LogP contribution in [0.3, 0.4) is 0 Å². The number of unbranched alkanes of at least 4 members (excludes halogenated alkanes) is 2. The van der Waals surface area contributed by atoms with Gasteiger partial charge in [-0.2, -0.15) is 0 Å². The summed E-state index contributed by atoms with van der Waals surface area (Å²) in [6.45, 7) is 2.00. The fraction of sp³-hybridized carbons (Fsp3) is 0.606. The molecule has 208 valence electrons. The van der Waals surface area contributed by atoms with Gasteiger partial charge in [0.05, 0.1) is 17.1 Å². The summed E-state index contributed by atoms with van der Waals surface area (Å²) in [5.74, 6) is 1.63. The number of ether oxygens (including phenoxy) is 1. The van der Waals surface area contributed by atoms with E-state index < -0.39 is 11.0 Å². The number of rotatable bonds is 9. The number of aliphatic hydroxyl groups is 1. The number of benzene rings is 2. The van der Waals surface area contributed by atoms with Crippen LogP contribution in [0, 0.1) is 5.92 Å². The molecule has 39 heavy (non-hydrogen) atoms. The maximum Gasteiger partial charge on any atom is 0.222 e. The third-order valence-corrected chi connectivity index (χ3v) is 10.8. The third kappa shape index (κ3) is 3.93. The maximum atomic E-state index is 13.4. The lowest BCUT2D eigenvalue weighted by molar-refractivity contribution is -0.200. The number of hydrogen-bond acceptors (Lipinski definition) is 5. The van der Waals surface area contributed by atoms with Crippen molar-refractivity contribution < 1.29 is 19.7 Å². The quantitative estimate of drug-likeness (QED) is 0.464. The number of likely N-dealkylation sites (N-methyl/N-ethyl adjacent to an activating group) is 1. The first-order valence-corrected chi connectivity index (χ1v) is 15.2. The third-order valence-electron chi connectivity index (χ3n) is 10.8. The van der Waals surface area contributed by atoms with E-state index in [1.54, 1.807) is 6.07 Å². The number of nitrogens with zero attached hydrogens (tertiary/aromatic N) is 2. The lowest BCUT2D eigenvalue weighted by Gasteiger charge is -2.64. The Bertz CT molecular complexity index is 1250. The number of carbonyl (C=O) groups excluding carboxylic acids is 1. The van der Waals surface area contributed by atoms with Gasteiger partial charge in [0, 0.05) is 31.6 Å². The summed E-state index contributed by atoms with van der Waals surface area (Å²) in [6.07, 6.45) is 9.83. The second kappa shape index (κ2) is 9.52. The summed E-state index contributed by atoms with van der Waals surface area (Å²) in [4.78, 5) is 17.9. The summed E-state index contributed by atoms with van der Waals surface area (Å²) in [6, 6.07) is 14.3. The fourth-order valence-electron chi connectivity index (χ4n) is 8.64. The van der Waals surface area contributed by atoms with Gasteiger partial charge in [0.2, 0.25) is 5.91 Å². The van der Waals surface area contributed by atoms with E-state index in [-0.39, 0.29) is 29.8 Å². The van der Waals surface area contributed by atoms with Crippen molar-refractivity contribution in [2.75, 3.05) is 20.1 Å². The van der Waals surface area contributed by atoms with Crippen LogP contribution in [0.25, 0.3) is 0 Å². The highest BCUT2D eigenvalue weighted by atomic mass is 16.5. The second-order valence-corrected chi connectivity index (χ2v) is 12.9. The Balaban J connectivity index is 1.10. The highest BCUT2D eigenvalue weighted by Crippen LogP contribution is 2.66. The Morgan fingerprint density at radius 1 is 1.08 bits per heavy atom. The van der Waals surface area contributed by atoms with Crippen LogP contribution >= 0.6 is 0 Å². The van der Waals surface area contributed by atoms with Gasteiger partial charge in [-0.1, -0.05) is 42.8 Å². The van der Waals surface area contributed by atoms with E-state index in [1.807, 2.05) is 24.1 Å².